The van der Waals surface area contributed by atoms with Crippen LogP contribution < -0.4 is 0 Å². The van der Waals surface area contributed by atoms with Gasteiger partial charge in [-0.1, -0.05) is 254 Å². The van der Waals surface area contributed by atoms with E-state index in [2.05, 4.69) is 93.7 Å². The summed E-state index contributed by atoms with van der Waals surface area (Å²) in [5.74, 6) is -0.403. The zero-order valence-electron chi connectivity index (χ0n) is 46.8. The fraction of sp³-hybridized carbons (Fsp3) is 0.785. The van der Waals surface area contributed by atoms with Gasteiger partial charge in [-0.2, -0.15) is 0 Å². The lowest BCUT2D eigenvalue weighted by atomic mass is 10.1. The minimum Gasteiger partial charge on any atom is -0.462 e. The van der Waals surface area contributed by atoms with Crippen molar-refractivity contribution in [3.8, 4) is 0 Å². The molecule has 0 radical (unpaired) electrons. The Morgan fingerprint density at radius 1 is 0.329 bits per heavy atom. The summed E-state index contributed by atoms with van der Waals surface area (Å²) in [4.78, 5) is 25.6. The van der Waals surface area contributed by atoms with Crippen molar-refractivity contribution in [1.82, 2.24) is 0 Å². The minimum atomic E-state index is -0.549. The molecule has 0 saturated carbocycles. The number of hydrogen-bond donors (Lipinski definition) is 0. The largest absolute Gasteiger partial charge is 0.462 e. The Labute approximate surface area is 436 Å². The van der Waals surface area contributed by atoms with Crippen LogP contribution in [0.4, 0.5) is 0 Å². The maximum Gasteiger partial charge on any atom is 0.306 e. The summed E-state index contributed by atoms with van der Waals surface area (Å²) in [5.41, 5.74) is 0. The van der Waals surface area contributed by atoms with Crippen molar-refractivity contribution in [2.45, 2.75) is 309 Å². The van der Waals surface area contributed by atoms with Crippen molar-refractivity contribution in [1.29, 1.82) is 0 Å². The molecule has 0 aliphatic rings. The molecule has 5 heteroatoms. The molecule has 0 heterocycles. The lowest BCUT2D eigenvalue weighted by molar-refractivity contribution is -0.163. The van der Waals surface area contributed by atoms with Crippen molar-refractivity contribution in [3.63, 3.8) is 0 Å². The van der Waals surface area contributed by atoms with Crippen LogP contribution in [0.15, 0.2) is 72.9 Å². The van der Waals surface area contributed by atoms with Gasteiger partial charge >= 0.3 is 11.9 Å². The number of rotatable bonds is 56. The van der Waals surface area contributed by atoms with Crippen LogP contribution in [0.3, 0.4) is 0 Å². The highest BCUT2D eigenvalue weighted by molar-refractivity contribution is 5.70. The maximum atomic E-state index is 12.9. The zero-order chi connectivity index (χ0) is 50.6. The predicted molar refractivity (Wildman–Crippen MR) is 307 cm³/mol. The van der Waals surface area contributed by atoms with E-state index < -0.39 is 6.10 Å². The molecule has 0 N–H and O–H groups in total. The normalized spacial score (nSPS) is 12.7. The van der Waals surface area contributed by atoms with Crippen molar-refractivity contribution >= 4 is 11.9 Å². The molecule has 5 nitrogen and oxygen atoms in total. The SMILES string of the molecule is CC/C=C\C/C=C\C/C=C\CCCCCCCCCC(=O)OC(COCCCCCCCCCC/C=C\C/C=C\CCCCC)COC(=O)CCCCCCCCCCC/C=C\CCCCCCCC. The first-order valence-corrected chi connectivity index (χ1v) is 30.5. The number of hydrogen-bond acceptors (Lipinski definition) is 5. The van der Waals surface area contributed by atoms with Gasteiger partial charge in [0.15, 0.2) is 6.10 Å². The summed E-state index contributed by atoms with van der Waals surface area (Å²) < 4.78 is 17.5. The standard InChI is InChI=1S/C65H116O5/c1-4-7-10-13-16-19-22-25-28-31-33-35-37-40-43-46-49-52-55-58-64(66)69-62-63(61-68-60-57-54-51-48-45-42-39-36-32-29-26-23-20-17-14-11-8-5-2)70-65(67)59-56-53-50-47-44-41-38-34-30-27-24-21-18-15-12-9-6-3/h9,12,17-18,20-21,25-30,63H,4-8,10-11,13-16,19,22-24,31-62H2,1-3H3/b12-9-,20-17-,21-18-,28-25-,29-26-,30-27-. The number of ether oxygens (including phenoxy) is 3. The van der Waals surface area contributed by atoms with Crippen LogP contribution in [0.5, 0.6) is 0 Å². The number of carbonyl (C=O) groups excluding carboxylic acids is 2. The summed E-state index contributed by atoms with van der Waals surface area (Å²) >= 11 is 0. The molecule has 1 unspecified atom stereocenters. The van der Waals surface area contributed by atoms with Gasteiger partial charge in [0.05, 0.1) is 6.61 Å². The Hall–Kier alpha value is -2.66. The van der Waals surface area contributed by atoms with Crippen molar-refractivity contribution in [2.24, 2.45) is 0 Å². The lowest BCUT2D eigenvalue weighted by Gasteiger charge is -2.18. The molecule has 0 aromatic rings. The molecular formula is C65H116O5. The maximum absolute atomic E-state index is 12.9. The fourth-order valence-electron chi connectivity index (χ4n) is 8.67. The number of carbonyl (C=O) groups is 2. The molecule has 0 aromatic heterocycles. The molecule has 0 aliphatic carbocycles. The van der Waals surface area contributed by atoms with Crippen molar-refractivity contribution in [2.75, 3.05) is 19.8 Å². The van der Waals surface area contributed by atoms with Gasteiger partial charge in [-0.25, -0.2) is 0 Å². The van der Waals surface area contributed by atoms with Gasteiger partial charge < -0.3 is 14.2 Å². The third-order valence-corrected chi connectivity index (χ3v) is 13.2. The summed E-state index contributed by atoms with van der Waals surface area (Å²) in [6, 6.07) is 0. The van der Waals surface area contributed by atoms with Crippen LogP contribution in [0.1, 0.15) is 303 Å². The molecule has 406 valence electrons. The highest BCUT2D eigenvalue weighted by Crippen LogP contribution is 2.15. The molecule has 0 fully saturated rings. The third kappa shape index (κ3) is 57.9. The molecule has 0 saturated heterocycles. The van der Waals surface area contributed by atoms with Gasteiger partial charge in [-0.15, -0.1) is 0 Å². The van der Waals surface area contributed by atoms with E-state index >= 15 is 0 Å². The van der Waals surface area contributed by atoms with Crippen molar-refractivity contribution in [3.05, 3.63) is 72.9 Å². The Balaban J connectivity index is 4.29. The van der Waals surface area contributed by atoms with Crippen molar-refractivity contribution < 1.29 is 23.8 Å². The second kappa shape index (κ2) is 60.6. The quantitative estimate of drug-likeness (QED) is 0.0345. The van der Waals surface area contributed by atoms with Crippen LogP contribution in [0, 0.1) is 0 Å². The molecule has 0 spiro atoms. The van der Waals surface area contributed by atoms with Crippen LogP contribution >= 0.6 is 0 Å². The van der Waals surface area contributed by atoms with Gasteiger partial charge in [-0.05, 0) is 109 Å². The first kappa shape index (κ1) is 67.3. The Morgan fingerprint density at radius 3 is 1.07 bits per heavy atom. The number of esters is 2. The molecule has 70 heavy (non-hydrogen) atoms. The minimum absolute atomic E-state index is 0.0774. The molecular weight excluding hydrogens is 861 g/mol. The van der Waals surface area contributed by atoms with E-state index in [0.29, 0.717) is 19.4 Å². The first-order chi connectivity index (χ1) is 34.6. The molecule has 0 amide bonds. The molecule has 1 atom stereocenters. The van der Waals surface area contributed by atoms with Gasteiger partial charge in [0.2, 0.25) is 0 Å². The number of unbranched alkanes of at least 4 members (excludes halogenated alkanes) is 33. The van der Waals surface area contributed by atoms with E-state index in [4.69, 9.17) is 14.2 Å². The topological polar surface area (TPSA) is 61.8 Å². The second-order valence-electron chi connectivity index (χ2n) is 20.2. The van der Waals surface area contributed by atoms with Gasteiger partial charge in [0, 0.05) is 19.4 Å². The van der Waals surface area contributed by atoms with E-state index in [-0.39, 0.29) is 25.2 Å². The lowest BCUT2D eigenvalue weighted by Crippen LogP contribution is -2.30. The summed E-state index contributed by atoms with van der Waals surface area (Å²) in [6.07, 6.45) is 79.3. The summed E-state index contributed by atoms with van der Waals surface area (Å²) in [6.45, 7) is 7.70. The highest BCUT2D eigenvalue weighted by atomic mass is 16.6. The molecule has 0 aliphatic heterocycles. The van der Waals surface area contributed by atoms with Gasteiger partial charge in [0.25, 0.3) is 0 Å². The van der Waals surface area contributed by atoms with Crippen LogP contribution in [0.2, 0.25) is 0 Å². The molecule has 0 rings (SSSR count). The average molecular weight is 978 g/mol. The van der Waals surface area contributed by atoms with Gasteiger partial charge in [-0.3, -0.25) is 9.59 Å². The second-order valence-corrected chi connectivity index (χ2v) is 20.2. The molecule has 0 bridgehead atoms. The molecule has 0 aromatic carbocycles. The van der Waals surface area contributed by atoms with E-state index in [1.165, 1.54) is 193 Å². The summed E-state index contributed by atoms with van der Waals surface area (Å²) in [7, 11) is 0. The smallest absolute Gasteiger partial charge is 0.306 e. The van der Waals surface area contributed by atoms with Crippen LogP contribution in [-0.4, -0.2) is 37.9 Å². The van der Waals surface area contributed by atoms with E-state index in [1.807, 2.05) is 0 Å². The Morgan fingerprint density at radius 2 is 0.643 bits per heavy atom. The number of allylic oxidation sites excluding steroid dienone is 12. The van der Waals surface area contributed by atoms with Crippen LogP contribution in [-0.2, 0) is 23.8 Å². The third-order valence-electron chi connectivity index (χ3n) is 13.2. The zero-order valence-corrected chi connectivity index (χ0v) is 46.8. The first-order valence-electron chi connectivity index (χ1n) is 30.5. The highest BCUT2D eigenvalue weighted by Gasteiger charge is 2.17. The predicted octanol–water partition coefficient (Wildman–Crippen LogP) is 21.0. The average Bonchev–Trinajstić information content (AvgIpc) is 3.36. The van der Waals surface area contributed by atoms with E-state index in [9.17, 15) is 9.59 Å². The van der Waals surface area contributed by atoms with Gasteiger partial charge in [0.1, 0.15) is 6.61 Å². The fourth-order valence-corrected chi connectivity index (χ4v) is 8.67. The Bertz CT molecular complexity index is 1240. The van der Waals surface area contributed by atoms with E-state index in [1.54, 1.807) is 0 Å². The Kier molecular flexibility index (Phi) is 58.3. The monoisotopic (exact) mass is 977 g/mol. The summed E-state index contributed by atoms with van der Waals surface area (Å²) in [5, 5.41) is 0. The van der Waals surface area contributed by atoms with E-state index in [0.717, 1.165) is 77.0 Å². The van der Waals surface area contributed by atoms with Crippen LogP contribution in [0.25, 0.3) is 0 Å².